The third kappa shape index (κ3) is 1.73. The van der Waals surface area contributed by atoms with Crippen molar-refractivity contribution in [1.29, 1.82) is 0 Å². The highest BCUT2D eigenvalue weighted by Gasteiger charge is 2.65. The minimum Gasteiger partial charge on any atom is -0.497 e. The van der Waals surface area contributed by atoms with Gasteiger partial charge in [0.25, 0.3) is 0 Å². The van der Waals surface area contributed by atoms with Crippen molar-refractivity contribution in [2.24, 2.45) is 17.8 Å². The molecule has 23 heavy (non-hydrogen) atoms. The molecule has 0 unspecified atom stereocenters. The molecule has 2 heterocycles. The molecule has 4 atom stereocenters. The zero-order valence-corrected chi connectivity index (χ0v) is 13.4. The van der Waals surface area contributed by atoms with Crippen LogP contribution in [0.25, 0.3) is 0 Å². The number of hydrogen-bond donors (Lipinski definition) is 1. The third-order valence-electron chi connectivity index (χ3n) is 6.14. The molecule has 0 bridgehead atoms. The highest BCUT2D eigenvalue weighted by Crippen LogP contribution is 2.60. The van der Waals surface area contributed by atoms with Crippen LogP contribution in [0.3, 0.4) is 0 Å². The van der Waals surface area contributed by atoms with Gasteiger partial charge in [-0.25, -0.2) is 0 Å². The van der Waals surface area contributed by atoms with Gasteiger partial charge in [-0.1, -0.05) is 13.0 Å². The number of benzene rings is 1. The Labute approximate surface area is 135 Å². The Balaban J connectivity index is 1.90. The van der Waals surface area contributed by atoms with E-state index in [9.17, 15) is 14.7 Å². The van der Waals surface area contributed by atoms with Crippen LogP contribution in [-0.2, 0) is 21.5 Å². The summed E-state index contributed by atoms with van der Waals surface area (Å²) in [5, 5.41) is 9.68. The maximum absolute atomic E-state index is 12.5. The quantitative estimate of drug-likeness (QED) is 0.907. The predicted octanol–water partition coefficient (Wildman–Crippen LogP) is 2.04. The molecule has 0 radical (unpaired) electrons. The van der Waals surface area contributed by atoms with Crippen LogP contribution in [-0.4, -0.2) is 35.5 Å². The van der Waals surface area contributed by atoms with Gasteiger partial charge in [0, 0.05) is 18.9 Å². The molecule has 1 aliphatic carbocycles. The average Bonchev–Trinajstić information content (AvgIpc) is 2.94. The van der Waals surface area contributed by atoms with Crippen molar-refractivity contribution in [2.45, 2.75) is 31.7 Å². The van der Waals surface area contributed by atoms with Crippen molar-refractivity contribution in [3.63, 3.8) is 0 Å². The molecule has 1 aromatic rings. The third-order valence-corrected chi connectivity index (χ3v) is 6.14. The van der Waals surface area contributed by atoms with E-state index in [0.717, 1.165) is 24.2 Å². The maximum atomic E-state index is 12.5. The van der Waals surface area contributed by atoms with E-state index in [-0.39, 0.29) is 17.7 Å². The number of carbonyl (C=O) groups is 2. The molecule has 0 aromatic heterocycles. The number of rotatable bonds is 2. The zero-order chi connectivity index (χ0) is 16.4. The minimum absolute atomic E-state index is 0.0705. The van der Waals surface area contributed by atoms with Gasteiger partial charge in [0.05, 0.1) is 18.6 Å². The number of carbonyl (C=O) groups excluding carboxylic acids is 1. The molecule has 122 valence electrons. The van der Waals surface area contributed by atoms with Crippen LogP contribution in [0.1, 0.15) is 30.9 Å². The van der Waals surface area contributed by atoms with Gasteiger partial charge in [0.1, 0.15) is 5.75 Å². The maximum Gasteiger partial charge on any atom is 0.307 e. The molecule has 2 fully saturated rings. The Kier molecular flexibility index (Phi) is 2.99. The fourth-order valence-electron chi connectivity index (χ4n) is 5.34. The number of carboxylic acid groups (broad SMARTS) is 1. The van der Waals surface area contributed by atoms with Gasteiger partial charge >= 0.3 is 5.97 Å². The van der Waals surface area contributed by atoms with Crippen LogP contribution in [0.15, 0.2) is 18.2 Å². The number of hydrogen-bond acceptors (Lipinski definition) is 3. The van der Waals surface area contributed by atoms with E-state index in [1.807, 2.05) is 30.0 Å². The van der Waals surface area contributed by atoms with Crippen molar-refractivity contribution >= 4 is 11.9 Å². The summed E-state index contributed by atoms with van der Waals surface area (Å²) in [5.41, 5.74) is 1.90. The van der Waals surface area contributed by atoms with E-state index in [0.29, 0.717) is 13.0 Å². The molecule has 3 aliphatic rings. The highest BCUT2D eigenvalue weighted by atomic mass is 16.5. The van der Waals surface area contributed by atoms with Gasteiger partial charge in [0.15, 0.2) is 0 Å². The van der Waals surface area contributed by atoms with Gasteiger partial charge in [0.2, 0.25) is 5.91 Å². The molecule has 1 N–H and O–H groups in total. The van der Waals surface area contributed by atoms with Crippen LogP contribution >= 0.6 is 0 Å². The first kappa shape index (κ1) is 14.5. The average molecular weight is 315 g/mol. The van der Waals surface area contributed by atoms with E-state index in [1.54, 1.807) is 7.11 Å². The normalized spacial score (nSPS) is 34.8. The summed E-state index contributed by atoms with van der Waals surface area (Å²) in [6.45, 7) is 2.68. The summed E-state index contributed by atoms with van der Waals surface area (Å²) in [4.78, 5) is 26.3. The smallest absolute Gasteiger partial charge is 0.307 e. The van der Waals surface area contributed by atoms with Crippen molar-refractivity contribution < 1.29 is 19.4 Å². The summed E-state index contributed by atoms with van der Waals surface area (Å²) >= 11 is 0. The van der Waals surface area contributed by atoms with Gasteiger partial charge in [-0.15, -0.1) is 0 Å². The van der Waals surface area contributed by atoms with Gasteiger partial charge in [-0.3, -0.25) is 9.59 Å². The zero-order valence-electron chi connectivity index (χ0n) is 13.4. The Morgan fingerprint density at radius 3 is 2.91 bits per heavy atom. The molecule has 1 spiro atoms. The van der Waals surface area contributed by atoms with Crippen LogP contribution in [0.2, 0.25) is 0 Å². The van der Waals surface area contributed by atoms with Crippen LogP contribution in [0, 0.1) is 17.8 Å². The van der Waals surface area contributed by atoms with Crippen molar-refractivity contribution in [1.82, 2.24) is 4.90 Å². The van der Waals surface area contributed by atoms with Gasteiger partial charge in [-0.2, -0.15) is 0 Å². The van der Waals surface area contributed by atoms with Crippen LogP contribution in [0.4, 0.5) is 0 Å². The number of nitrogens with zero attached hydrogens (tertiary/aromatic N) is 1. The second-order valence-corrected chi connectivity index (χ2v) is 7.10. The van der Waals surface area contributed by atoms with E-state index in [2.05, 4.69) is 0 Å². The number of carboxylic acids is 1. The molecule has 4 rings (SSSR count). The lowest BCUT2D eigenvalue weighted by molar-refractivity contribution is -0.144. The van der Waals surface area contributed by atoms with E-state index in [4.69, 9.17) is 4.74 Å². The summed E-state index contributed by atoms with van der Waals surface area (Å²) in [6, 6.07) is 6.01. The molecular formula is C18H21NO4. The highest BCUT2D eigenvalue weighted by molar-refractivity contribution is 5.84. The van der Waals surface area contributed by atoms with Crippen LogP contribution in [0.5, 0.6) is 5.75 Å². The van der Waals surface area contributed by atoms with E-state index in [1.165, 1.54) is 5.56 Å². The second-order valence-electron chi connectivity index (χ2n) is 7.10. The Morgan fingerprint density at radius 1 is 1.43 bits per heavy atom. The van der Waals surface area contributed by atoms with Crippen molar-refractivity contribution in [3.05, 3.63) is 29.3 Å². The molecule has 5 heteroatoms. The number of methoxy groups -OCH3 is 1. The fraction of sp³-hybridized carbons (Fsp3) is 0.556. The molecule has 1 saturated carbocycles. The summed E-state index contributed by atoms with van der Waals surface area (Å²) in [7, 11) is 1.65. The fourth-order valence-corrected chi connectivity index (χ4v) is 5.34. The van der Waals surface area contributed by atoms with E-state index < -0.39 is 17.4 Å². The standard InChI is InChI=1S/C18H21NO4/c1-10-9-18-13-4-3-12(23-2)7-11(13)5-6-19(18)15(20)8-14(18)16(10)17(21)22/h3-4,7,10,14,16H,5-6,8-9H2,1-2H3,(H,21,22)/t10-,14-,16+,18-/m0/s1. The molecular weight excluding hydrogens is 294 g/mol. The van der Waals surface area contributed by atoms with Gasteiger partial charge < -0.3 is 14.7 Å². The lowest BCUT2D eigenvalue weighted by Gasteiger charge is -2.44. The summed E-state index contributed by atoms with van der Waals surface area (Å²) in [5.74, 6) is -0.354. The second kappa shape index (κ2) is 4.73. The summed E-state index contributed by atoms with van der Waals surface area (Å²) < 4.78 is 5.33. The largest absolute Gasteiger partial charge is 0.497 e. The molecule has 5 nitrogen and oxygen atoms in total. The Morgan fingerprint density at radius 2 is 2.22 bits per heavy atom. The monoisotopic (exact) mass is 315 g/mol. The van der Waals surface area contributed by atoms with Crippen molar-refractivity contribution in [2.75, 3.05) is 13.7 Å². The van der Waals surface area contributed by atoms with Gasteiger partial charge in [-0.05, 0) is 42.0 Å². The Bertz CT molecular complexity index is 700. The molecule has 2 aliphatic heterocycles. The first-order chi connectivity index (χ1) is 11.0. The first-order valence-electron chi connectivity index (χ1n) is 8.19. The number of aliphatic carboxylic acids is 1. The number of ether oxygens (including phenoxy) is 1. The number of amides is 1. The predicted molar refractivity (Wildman–Crippen MR) is 83.1 cm³/mol. The minimum atomic E-state index is -0.769. The lowest BCUT2D eigenvalue weighted by atomic mass is 9.74. The molecule has 1 saturated heterocycles. The SMILES string of the molecule is COc1ccc2c(c1)CCN1C(=O)C[C@H]3[C@H](C(=O)O)[C@@H](C)C[C@]231. The molecule has 1 aromatic carbocycles. The van der Waals surface area contributed by atoms with Crippen molar-refractivity contribution in [3.8, 4) is 5.75 Å². The number of fused-ring (bicyclic) bond motifs is 1. The first-order valence-corrected chi connectivity index (χ1v) is 8.19. The molecule has 1 amide bonds. The summed E-state index contributed by atoms with van der Waals surface area (Å²) in [6.07, 6.45) is 1.89. The topological polar surface area (TPSA) is 66.8 Å². The van der Waals surface area contributed by atoms with Crippen LogP contribution < -0.4 is 4.74 Å². The van der Waals surface area contributed by atoms with E-state index >= 15 is 0 Å². The Hall–Kier alpha value is -2.04. The lowest BCUT2D eigenvalue weighted by Crippen LogP contribution is -2.49.